The number of nitrogen functional groups attached to an aromatic ring is 1. The zero-order chi connectivity index (χ0) is 11.4. The minimum Gasteiger partial charge on any atom is -0.395 e. The predicted octanol–water partition coefficient (Wildman–Crippen LogP) is 0.982. The maximum absolute atomic E-state index is 12.7. The number of nitrogens with two attached hydrogens (primary N) is 1. The Hall–Kier alpha value is -0.720. The summed E-state index contributed by atoms with van der Waals surface area (Å²) < 4.78 is 12.7. The molecule has 0 bridgehead atoms. The van der Waals surface area contributed by atoms with Gasteiger partial charge in [-0.05, 0) is 12.5 Å². The number of hydrogen-bond donors (Lipinski definition) is 3. The fraction of sp³-hybridized carbons (Fsp3) is 0.444. The first-order chi connectivity index (χ1) is 7.06. The first kappa shape index (κ1) is 12.4. The molecule has 1 aromatic heterocycles. The quantitative estimate of drug-likeness (QED) is 0.567. The molecule has 0 aliphatic heterocycles. The lowest BCUT2D eigenvalue weighted by molar-refractivity contribution is 0.0171. The fourth-order valence-electron chi connectivity index (χ4n) is 1.14. The zero-order valence-electron chi connectivity index (χ0n) is 7.90. The summed E-state index contributed by atoms with van der Waals surface area (Å²) in [5, 5.41) is 19.7. The smallest absolute Gasteiger partial charge is 0.236 e. The van der Waals surface area contributed by atoms with Gasteiger partial charge in [0.1, 0.15) is 6.10 Å². The van der Waals surface area contributed by atoms with Crippen molar-refractivity contribution in [1.29, 1.82) is 0 Å². The third-order valence-corrected chi connectivity index (χ3v) is 2.46. The lowest BCUT2D eigenvalue weighted by atomic mass is 10.0. The standard InChI is InChI=1S/C9H12BrFN2O2/c10-2-1-7(14)8(15)5-3-6(12)9(11)13-4-5/h3-4,7-8,14-15H,1-2,12H2. The van der Waals surface area contributed by atoms with Crippen LogP contribution < -0.4 is 5.73 Å². The highest BCUT2D eigenvalue weighted by atomic mass is 79.9. The van der Waals surface area contributed by atoms with Gasteiger partial charge in [-0.15, -0.1) is 0 Å². The number of aliphatic hydroxyl groups is 2. The van der Waals surface area contributed by atoms with E-state index < -0.39 is 18.2 Å². The zero-order valence-corrected chi connectivity index (χ0v) is 9.48. The van der Waals surface area contributed by atoms with E-state index >= 15 is 0 Å². The van der Waals surface area contributed by atoms with Crippen LogP contribution in [-0.4, -0.2) is 26.6 Å². The molecule has 4 nitrogen and oxygen atoms in total. The molecule has 0 radical (unpaired) electrons. The van der Waals surface area contributed by atoms with Gasteiger partial charge < -0.3 is 15.9 Å². The maximum atomic E-state index is 12.7. The van der Waals surface area contributed by atoms with Gasteiger partial charge in [0, 0.05) is 17.1 Å². The third-order valence-electron chi connectivity index (χ3n) is 2.00. The summed E-state index contributed by atoms with van der Waals surface area (Å²) in [4.78, 5) is 3.37. The monoisotopic (exact) mass is 278 g/mol. The first-order valence-electron chi connectivity index (χ1n) is 4.39. The molecule has 0 saturated heterocycles. The minimum atomic E-state index is -1.10. The second kappa shape index (κ2) is 5.39. The van der Waals surface area contributed by atoms with Crippen molar-refractivity contribution in [3.63, 3.8) is 0 Å². The summed E-state index contributed by atoms with van der Waals surface area (Å²) in [5.74, 6) is -0.777. The summed E-state index contributed by atoms with van der Waals surface area (Å²) >= 11 is 3.15. The van der Waals surface area contributed by atoms with E-state index in [9.17, 15) is 14.6 Å². The van der Waals surface area contributed by atoms with Crippen molar-refractivity contribution < 1.29 is 14.6 Å². The number of anilines is 1. The highest BCUT2D eigenvalue weighted by molar-refractivity contribution is 9.09. The average Bonchev–Trinajstić information content (AvgIpc) is 2.21. The first-order valence-corrected chi connectivity index (χ1v) is 5.51. The Morgan fingerprint density at radius 3 is 2.73 bits per heavy atom. The number of pyridine rings is 1. The van der Waals surface area contributed by atoms with Crippen LogP contribution >= 0.6 is 15.9 Å². The Labute approximate surface area is 95.1 Å². The largest absolute Gasteiger partial charge is 0.395 e. The molecule has 1 rings (SSSR count). The van der Waals surface area contributed by atoms with Gasteiger partial charge in [0.15, 0.2) is 0 Å². The van der Waals surface area contributed by atoms with Crippen molar-refractivity contribution in [3.05, 3.63) is 23.8 Å². The summed E-state index contributed by atoms with van der Waals surface area (Å²) in [7, 11) is 0. The van der Waals surface area contributed by atoms with Crippen molar-refractivity contribution in [2.45, 2.75) is 18.6 Å². The van der Waals surface area contributed by atoms with Gasteiger partial charge in [-0.2, -0.15) is 4.39 Å². The lowest BCUT2D eigenvalue weighted by Crippen LogP contribution is -2.19. The van der Waals surface area contributed by atoms with Crippen molar-refractivity contribution in [1.82, 2.24) is 4.98 Å². The van der Waals surface area contributed by atoms with E-state index in [1.165, 1.54) is 6.07 Å². The second-order valence-electron chi connectivity index (χ2n) is 3.14. The van der Waals surface area contributed by atoms with Crippen LogP contribution in [0, 0.1) is 5.95 Å². The molecule has 0 aromatic carbocycles. The molecule has 0 aliphatic carbocycles. The summed E-state index contributed by atoms with van der Waals surface area (Å²) in [5.41, 5.74) is 5.46. The average molecular weight is 279 g/mol. The van der Waals surface area contributed by atoms with E-state index in [0.717, 1.165) is 6.20 Å². The Bertz CT molecular complexity index is 338. The summed E-state index contributed by atoms with van der Waals surface area (Å²) in [6.07, 6.45) is -0.472. The third kappa shape index (κ3) is 3.12. The summed E-state index contributed by atoms with van der Waals surface area (Å²) in [6, 6.07) is 1.27. The number of aromatic nitrogens is 1. The van der Waals surface area contributed by atoms with Gasteiger partial charge in [-0.1, -0.05) is 15.9 Å². The molecule has 2 atom stereocenters. The molecule has 0 amide bonds. The Morgan fingerprint density at radius 1 is 1.53 bits per heavy atom. The normalized spacial score (nSPS) is 14.9. The molecule has 84 valence electrons. The maximum Gasteiger partial charge on any atom is 0.236 e. The number of rotatable bonds is 4. The van der Waals surface area contributed by atoms with E-state index in [2.05, 4.69) is 20.9 Å². The topological polar surface area (TPSA) is 79.4 Å². The van der Waals surface area contributed by atoms with E-state index in [-0.39, 0.29) is 5.69 Å². The van der Waals surface area contributed by atoms with Crippen LogP contribution in [0.5, 0.6) is 0 Å². The number of hydrogen-bond acceptors (Lipinski definition) is 4. The molecule has 0 spiro atoms. The predicted molar refractivity (Wildman–Crippen MR) is 58.0 cm³/mol. The number of aliphatic hydroxyl groups excluding tert-OH is 2. The van der Waals surface area contributed by atoms with Gasteiger partial charge in [0.2, 0.25) is 5.95 Å². The van der Waals surface area contributed by atoms with Crippen LogP contribution in [0.25, 0.3) is 0 Å². The minimum absolute atomic E-state index is 0.141. The van der Waals surface area contributed by atoms with E-state index in [1.54, 1.807) is 0 Å². The molecule has 0 aliphatic rings. The van der Waals surface area contributed by atoms with Crippen molar-refractivity contribution >= 4 is 21.6 Å². The molecule has 6 heteroatoms. The van der Waals surface area contributed by atoms with Crippen LogP contribution in [-0.2, 0) is 0 Å². The Kier molecular flexibility index (Phi) is 4.44. The lowest BCUT2D eigenvalue weighted by Gasteiger charge is -2.17. The molecule has 1 heterocycles. The molecular weight excluding hydrogens is 267 g/mol. The van der Waals surface area contributed by atoms with Crippen molar-refractivity contribution in [2.24, 2.45) is 0 Å². The van der Waals surface area contributed by atoms with Gasteiger partial charge >= 0.3 is 0 Å². The van der Waals surface area contributed by atoms with Crippen LogP contribution in [0.4, 0.5) is 10.1 Å². The molecule has 1 aromatic rings. The van der Waals surface area contributed by atoms with Crippen LogP contribution in [0.15, 0.2) is 12.3 Å². The Morgan fingerprint density at radius 2 is 2.20 bits per heavy atom. The van der Waals surface area contributed by atoms with E-state index in [4.69, 9.17) is 5.73 Å². The number of alkyl halides is 1. The number of nitrogens with zero attached hydrogens (tertiary/aromatic N) is 1. The van der Waals surface area contributed by atoms with Crippen LogP contribution in [0.3, 0.4) is 0 Å². The Balaban J connectivity index is 2.81. The van der Waals surface area contributed by atoms with Crippen LogP contribution in [0.1, 0.15) is 18.1 Å². The van der Waals surface area contributed by atoms with Gasteiger partial charge in [-0.25, -0.2) is 4.98 Å². The highest BCUT2D eigenvalue weighted by Gasteiger charge is 2.18. The second-order valence-corrected chi connectivity index (χ2v) is 3.93. The highest BCUT2D eigenvalue weighted by Crippen LogP contribution is 2.21. The number of halogens is 2. The summed E-state index contributed by atoms with van der Waals surface area (Å²) in [6.45, 7) is 0. The molecule has 0 fully saturated rings. The molecule has 0 saturated carbocycles. The van der Waals surface area contributed by atoms with Gasteiger partial charge in [0.25, 0.3) is 0 Å². The van der Waals surface area contributed by atoms with E-state index in [0.29, 0.717) is 17.3 Å². The fourth-order valence-corrected chi connectivity index (χ4v) is 1.60. The molecule has 15 heavy (non-hydrogen) atoms. The van der Waals surface area contributed by atoms with Gasteiger partial charge in [0.05, 0.1) is 11.8 Å². The van der Waals surface area contributed by atoms with E-state index in [1.807, 2.05) is 0 Å². The molecular formula is C9H12BrFN2O2. The SMILES string of the molecule is Nc1cc(C(O)C(O)CCBr)cnc1F. The van der Waals surface area contributed by atoms with Crippen molar-refractivity contribution in [2.75, 3.05) is 11.1 Å². The van der Waals surface area contributed by atoms with Crippen molar-refractivity contribution in [3.8, 4) is 0 Å². The van der Waals surface area contributed by atoms with Crippen LogP contribution in [0.2, 0.25) is 0 Å². The molecule has 4 N–H and O–H groups in total. The molecule has 2 unspecified atom stereocenters. The van der Waals surface area contributed by atoms with Gasteiger partial charge in [-0.3, -0.25) is 0 Å².